The molecule has 1 amide bonds. The van der Waals surface area contributed by atoms with Crippen LogP contribution < -0.4 is 0 Å². The molecule has 0 aliphatic carbocycles. The zero-order valence-corrected chi connectivity index (χ0v) is 11.0. The Labute approximate surface area is 108 Å². The Balaban J connectivity index is 2.10. The van der Waals surface area contributed by atoms with E-state index in [1.165, 1.54) is 5.56 Å². The van der Waals surface area contributed by atoms with Crippen LogP contribution in [0.3, 0.4) is 0 Å². The van der Waals surface area contributed by atoms with Crippen molar-refractivity contribution in [3.05, 3.63) is 35.4 Å². The van der Waals surface area contributed by atoms with Gasteiger partial charge in [0.2, 0.25) is 0 Å². The van der Waals surface area contributed by atoms with Crippen molar-refractivity contribution >= 4 is 11.7 Å². The summed E-state index contributed by atoms with van der Waals surface area (Å²) in [5, 5.41) is 0. The molecule has 18 heavy (non-hydrogen) atoms. The molecule has 0 saturated carbocycles. The molecule has 1 aromatic rings. The molecule has 96 valence electrons. The monoisotopic (exact) mass is 245 g/mol. The van der Waals surface area contributed by atoms with Crippen molar-refractivity contribution in [3.8, 4) is 0 Å². The molecule has 0 bridgehead atoms. The number of likely N-dealkylation sites (tertiary alicyclic amines) is 1. The number of amides is 1. The third-order valence-corrected chi connectivity index (χ3v) is 3.36. The maximum atomic E-state index is 12.2. The number of rotatable bonds is 2. The lowest BCUT2D eigenvalue weighted by atomic mass is 10.0. The highest BCUT2D eigenvalue weighted by molar-refractivity contribution is 5.97. The first-order valence-corrected chi connectivity index (χ1v) is 6.49. The van der Waals surface area contributed by atoms with Crippen LogP contribution in [0.1, 0.15) is 48.5 Å². The average molecular weight is 245 g/mol. The second kappa shape index (κ2) is 5.34. The smallest absolute Gasteiger partial charge is 0.254 e. The van der Waals surface area contributed by atoms with Crippen LogP contribution in [0.2, 0.25) is 0 Å². The molecule has 0 unspecified atom stereocenters. The van der Waals surface area contributed by atoms with Gasteiger partial charge in [0.05, 0.1) is 6.54 Å². The van der Waals surface area contributed by atoms with Gasteiger partial charge >= 0.3 is 0 Å². The average Bonchev–Trinajstić information content (AvgIpc) is 2.38. The molecule has 0 radical (unpaired) electrons. The fraction of sp³-hybridized carbons (Fsp3) is 0.467. The molecule has 3 heteroatoms. The highest BCUT2D eigenvalue weighted by atomic mass is 16.2. The molecule has 1 fully saturated rings. The van der Waals surface area contributed by atoms with Gasteiger partial charge in [0, 0.05) is 18.5 Å². The highest BCUT2D eigenvalue weighted by Crippen LogP contribution is 2.16. The molecule has 1 heterocycles. The Hall–Kier alpha value is -1.64. The Bertz CT molecular complexity index is 448. The molecular formula is C15H19NO2. The molecule has 1 aliphatic rings. The fourth-order valence-electron chi connectivity index (χ4n) is 2.20. The second-order valence-electron chi connectivity index (χ2n) is 5.15. The van der Waals surface area contributed by atoms with Crippen LogP contribution >= 0.6 is 0 Å². The molecule has 0 aromatic heterocycles. The van der Waals surface area contributed by atoms with Gasteiger partial charge in [-0.15, -0.1) is 0 Å². The summed E-state index contributed by atoms with van der Waals surface area (Å²) in [7, 11) is 0. The summed E-state index contributed by atoms with van der Waals surface area (Å²) < 4.78 is 0. The van der Waals surface area contributed by atoms with E-state index in [-0.39, 0.29) is 18.2 Å². The Morgan fingerprint density at radius 3 is 2.44 bits per heavy atom. The van der Waals surface area contributed by atoms with Gasteiger partial charge in [0.15, 0.2) is 5.78 Å². The van der Waals surface area contributed by atoms with Crippen LogP contribution in [-0.4, -0.2) is 29.7 Å². The lowest BCUT2D eigenvalue weighted by molar-refractivity contribution is -0.121. The summed E-state index contributed by atoms with van der Waals surface area (Å²) in [6, 6.07) is 7.70. The van der Waals surface area contributed by atoms with Gasteiger partial charge in [0.1, 0.15) is 0 Å². The standard InChI is InChI=1S/C15H19NO2/c1-11(2)12-5-7-13(8-6-12)15(18)16-9-3-4-14(17)10-16/h5-8,11H,3-4,9-10H2,1-2H3. The number of ketones is 1. The number of carbonyl (C=O) groups is 2. The van der Waals surface area contributed by atoms with Crippen LogP contribution in [0.5, 0.6) is 0 Å². The van der Waals surface area contributed by atoms with Gasteiger partial charge in [0.25, 0.3) is 5.91 Å². The van der Waals surface area contributed by atoms with Crippen molar-refractivity contribution in [1.82, 2.24) is 4.90 Å². The van der Waals surface area contributed by atoms with Gasteiger partial charge in [-0.3, -0.25) is 9.59 Å². The van der Waals surface area contributed by atoms with Gasteiger partial charge in [-0.1, -0.05) is 26.0 Å². The van der Waals surface area contributed by atoms with E-state index in [0.717, 1.165) is 6.42 Å². The van der Waals surface area contributed by atoms with Crippen LogP contribution in [0.15, 0.2) is 24.3 Å². The third-order valence-electron chi connectivity index (χ3n) is 3.36. The van der Waals surface area contributed by atoms with Crippen LogP contribution in [-0.2, 0) is 4.79 Å². The fourth-order valence-corrected chi connectivity index (χ4v) is 2.20. The minimum Gasteiger partial charge on any atom is -0.331 e. The van der Waals surface area contributed by atoms with Crippen LogP contribution in [0.4, 0.5) is 0 Å². The van der Waals surface area contributed by atoms with Crippen LogP contribution in [0.25, 0.3) is 0 Å². The maximum Gasteiger partial charge on any atom is 0.254 e. The summed E-state index contributed by atoms with van der Waals surface area (Å²) in [5.74, 6) is 0.595. The predicted molar refractivity (Wildman–Crippen MR) is 70.7 cm³/mol. The second-order valence-corrected chi connectivity index (χ2v) is 5.15. The molecule has 3 nitrogen and oxygen atoms in total. The first kappa shape index (κ1) is 12.8. The van der Waals surface area contributed by atoms with E-state index >= 15 is 0 Å². The van der Waals surface area contributed by atoms with Crippen molar-refractivity contribution in [2.75, 3.05) is 13.1 Å². The minimum atomic E-state index is -0.0293. The first-order chi connectivity index (χ1) is 8.58. The number of hydrogen-bond acceptors (Lipinski definition) is 2. The van der Waals surface area contributed by atoms with E-state index in [4.69, 9.17) is 0 Å². The number of benzene rings is 1. The van der Waals surface area contributed by atoms with Gasteiger partial charge in [-0.25, -0.2) is 0 Å². The molecular weight excluding hydrogens is 226 g/mol. The molecule has 0 spiro atoms. The van der Waals surface area contributed by atoms with Gasteiger partial charge in [-0.2, -0.15) is 0 Å². The van der Waals surface area contributed by atoms with Crippen molar-refractivity contribution in [3.63, 3.8) is 0 Å². The molecule has 1 aromatic carbocycles. The van der Waals surface area contributed by atoms with E-state index in [2.05, 4.69) is 13.8 Å². The molecule has 1 aliphatic heterocycles. The molecule has 0 N–H and O–H groups in total. The lowest BCUT2D eigenvalue weighted by Crippen LogP contribution is -2.40. The minimum absolute atomic E-state index is 0.0293. The van der Waals surface area contributed by atoms with Crippen molar-refractivity contribution in [2.45, 2.75) is 32.6 Å². The summed E-state index contributed by atoms with van der Waals surface area (Å²) in [4.78, 5) is 25.2. The van der Waals surface area contributed by atoms with E-state index in [1.807, 2.05) is 24.3 Å². The summed E-state index contributed by atoms with van der Waals surface area (Å²) in [5.41, 5.74) is 1.90. The highest BCUT2D eigenvalue weighted by Gasteiger charge is 2.22. The molecule has 1 saturated heterocycles. The van der Waals surface area contributed by atoms with Crippen molar-refractivity contribution in [2.24, 2.45) is 0 Å². The van der Waals surface area contributed by atoms with Gasteiger partial charge in [-0.05, 0) is 30.0 Å². The zero-order chi connectivity index (χ0) is 13.1. The Morgan fingerprint density at radius 1 is 1.22 bits per heavy atom. The quantitative estimate of drug-likeness (QED) is 0.803. The summed E-state index contributed by atoms with van der Waals surface area (Å²) in [6.07, 6.45) is 1.39. The number of piperidine rings is 1. The third kappa shape index (κ3) is 2.78. The van der Waals surface area contributed by atoms with Crippen molar-refractivity contribution < 1.29 is 9.59 Å². The lowest BCUT2D eigenvalue weighted by Gasteiger charge is -2.25. The summed E-state index contributed by atoms with van der Waals surface area (Å²) in [6.45, 7) is 5.21. The van der Waals surface area contributed by atoms with E-state index < -0.39 is 0 Å². The van der Waals surface area contributed by atoms with Gasteiger partial charge < -0.3 is 4.90 Å². The number of carbonyl (C=O) groups excluding carboxylic acids is 2. The Morgan fingerprint density at radius 2 is 1.89 bits per heavy atom. The normalized spacial score (nSPS) is 16.2. The number of Topliss-reactive ketones (excluding diaryl/α,β-unsaturated/α-hetero) is 1. The molecule has 2 rings (SSSR count). The van der Waals surface area contributed by atoms with Crippen molar-refractivity contribution in [1.29, 1.82) is 0 Å². The number of hydrogen-bond donors (Lipinski definition) is 0. The van der Waals surface area contributed by atoms with E-state index in [9.17, 15) is 9.59 Å². The SMILES string of the molecule is CC(C)c1ccc(C(=O)N2CCCC(=O)C2)cc1. The number of nitrogens with zero attached hydrogens (tertiary/aromatic N) is 1. The largest absolute Gasteiger partial charge is 0.331 e. The first-order valence-electron chi connectivity index (χ1n) is 6.49. The summed E-state index contributed by atoms with van der Waals surface area (Å²) >= 11 is 0. The Kier molecular flexibility index (Phi) is 3.80. The topological polar surface area (TPSA) is 37.4 Å². The van der Waals surface area contributed by atoms with Crippen LogP contribution in [0, 0.1) is 0 Å². The maximum absolute atomic E-state index is 12.2. The molecule has 0 atom stereocenters. The van der Waals surface area contributed by atoms with E-state index in [0.29, 0.717) is 24.4 Å². The predicted octanol–water partition coefficient (Wildman–Crippen LogP) is 2.62. The zero-order valence-electron chi connectivity index (χ0n) is 11.0. The van der Waals surface area contributed by atoms with E-state index in [1.54, 1.807) is 4.90 Å².